The van der Waals surface area contributed by atoms with E-state index >= 15 is 0 Å². The highest BCUT2D eigenvalue weighted by molar-refractivity contribution is 6.32. The molecule has 0 aliphatic rings. The minimum Gasteiger partial charge on any atom is -0.369 e. The molecule has 2 aromatic heterocycles. The van der Waals surface area contributed by atoms with Gasteiger partial charge in [-0.3, -0.25) is 4.57 Å². The van der Waals surface area contributed by atoms with Gasteiger partial charge in [0.05, 0.1) is 16.4 Å². The molecule has 5 nitrogen and oxygen atoms in total. The molecule has 20 heavy (non-hydrogen) atoms. The third-order valence-corrected chi connectivity index (χ3v) is 3.52. The number of hydrogen-bond acceptors (Lipinski definition) is 3. The molecule has 3 rings (SSSR count). The maximum Gasteiger partial charge on any atom is 0.207 e. The molecule has 0 atom stereocenters. The van der Waals surface area contributed by atoms with Gasteiger partial charge in [-0.1, -0.05) is 18.5 Å². The molecule has 0 aliphatic heterocycles. The summed E-state index contributed by atoms with van der Waals surface area (Å²) in [5.41, 5.74) is 8.92. The Morgan fingerprint density at radius 1 is 1.40 bits per heavy atom. The van der Waals surface area contributed by atoms with E-state index in [2.05, 4.69) is 10.1 Å². The highest BCUT2D eigenvalue weighted by Crippen LogP contribution is 2.29. The van der Waals surface area contributed by atoms with Crippen LogP contribution in [-0.2, 0) is 13.5 Å². The predicted molar refractivity (Wildman–Crippen MR) is 76.6 cm³/mol. The van der Waals surface area contributed by atoms with Crippen molar-refractivity contribution in [3.8, 4) is 5.69 Å². The summed E-state index contributed by atoms with van der Waals surface area (Å²) >= 11 is 6.11. The molecule has 2 N–H and O–H groups in total. The Morgan fingerprint density at radius 2 is 2.15 bits per heavy atom. The number of nitrogens with zero attached hydrogens (tertiary/aromatic N) is 4. The average molecular weight is 294 g/mol. The maximum atomic E-state index is 13.2. The molecule has 104 valence electrons. The number of aryl methyl sites for hydroxylation is 2. The third kappa shape index (κ3) is 1.76. The lowest BCUT2D eigenvalue weighted by Crippen LogP contribution is -2.05. The van der Waals surface area contributed by atoms with Crippen LogP contribution in [0.2, 0.25) is 5.02 Å². The molecule has 0 saturated carbocycles. The van der Waals surface area contributed by atoms with Crippen LogP contribution in [-0.4, -0.2) is 19.3 Å². The number of hydrogen-bond donors (Lipinski definition) is 1. The Kier molecular flexibility index (Phi) is 2.90. The van der Waals surface area contributed by atoms with Crippen LogP contribution in [0.1, 0.15) is 12.6 Å². The molecule has 0 bridgehead atoms. The van der Waals surface area contributed by atoms with Gasteiger partial charge < -0.3 is 5.73 Å². The van der Waals surface area contributed by atoms with Gasteiger partial charge in [0.2, 0.25) is 5.95 Å². The van der Waals surface area contributed by atoms with E-state index in [4.69, 9.17) is 17.3 Å². The molecule has 3 aromatic rings. The molecule has 0 unspecified atom stereocenters. The van der Waals surface area contributed by atoms with Gasteiger partial charge in [0.1, 0.15) is 11.3 Å². The highest BCUT2D eigenvalue weighted by atomic mass is 35.5. The molecule has 2 heterocycles. The van der Waals surface area contributed by atoms with Crippen molar-refractivity contribution in [3.05, 3.63) is 34.7 Å². The Balaban J connectivity index is 2.36. The lowest BCUT2D eigenvalue weighted by Gasteiger charge is -2.08. The van der Waals surface area contributed by atoms with Gasteiger partial charge in [-0.15, -0.1) is 0 Å². The predicted octanol–water partition coefficient (Wildman–Crippen LogP) is 2.70. The summed E-state index contributed by atoms with van der Waals surface area (Å²) in [7, 11) is 1.82. The van der Waals surface area contributed by atoms with Crippen LogP contribution in [0.3, 0.4) is 0 Å². The number of aromatic nitrogens is 4. The van der Waals surface area contributed by atoms with Crippen LogP contribution < -0.4 is 5.73 Å². The number of nitrogen functional groups attached to an aromatic ring is 1. The summed E-state index contributed by atoms with van der Waals surface area (Å²) in [6, 6.07) is 4.16. The van der Waals surface area contributed by atoms with Crippen LogP contribution in [0.5, 0.6) is 0 Å². The first kappa shape index (κ1) is 12.9. The van der Waals surface area contributed by atoms with E-state index in [0.717, 1.165) is 23.3 Å². The molecule has 0 saturated heterocycles. The summed E-state index contributed by atoms with van der Waals surface area (Å²) in [5, 5.41) is 4.68. The quantitative estimate of drug-likeness (QED) is 0.790. The minimum atomic E-state index is -0.395. The first-order chi connectivity index (χ1) is 9.52. The van der Waals surface area contributed by atoms with Gasteiger partial charge in [0.25, 0.3) is 0 Å². The lowest BCUT2D eigenvalue weighted by molar-refractivity contribution is 0.627. The smallest absolute Gasteiger partial charge is 0.207 e. The molecule has 7 heteroatoms. The topological polar surface area (TPSA) is 61.7 Å². The van der Waals surface area contributed by atoms with E-state index in [0.29, 0.717) is 11.6 Å². The number of rotatable bonds is 2. The van der Waals surface area contributed by atoms with Gasteiger partial charge in [-0.05, 0) is 24.6 Å². The van der Waals surface area contributed by atoms with Crippen LogP contribution in [0.25, 0.3) is 16.9 Å². The standard InChI is InChI=1S/C13H13ClFN5/c1-3-9-11-12(19(2)18-9)20(13(16)17-11)10-5-4-7(15)6-8(10)14/h4-6H,3H2,1-2H3,(H2,16,17). The highest BCUT2D eigenvalue weighted by Gasteiger charge is 2.19. The number of imidazole rings is 1. The summed E-state index contributed by atoms with van der Waals surface area (Å²) in [6.07, 6.45) is 0.755. The number of nitrogens with two attached hydrogens (primary N) is 1. The Hall–Kier alpha value is -2.08. The lowest BCUT2D eigenvalue weighted by atomic mass is 10.3. The summed E-state index contributed by atoms with van der Waals surface area (Å²) < 4.78 is 16.6. The maximum absolute atomic E-state index is 13.2. The monoisotopic (exact) mass is 293 g/mol. The van der Waals surface area contributed by atoms with Crippen molar-refractivity contribution in [2.24, 2.45) is 7.05 Å². The second-order valence-corrected chi connectivity index (χ2v) is 4.90. The Morgan fingerprint density at radius 3 is 2.80 bits per heavy atom. The van der Waals surface area contributed by atoms with Gasteiger partial charge >= 0.3 is 0 Å². The van der Waals surface area contributed by atoms with E-state index in [1.165, 1.54) is 12.1 Å². The number of anilines is 1. The fourth-order valence-corrected chi connectivity index (χ4v) is 2.59. The van der Waals surface area contributed by atoms with E-state index in [9.17, 15) is 4.39 Å². The fourth-order valence-electron chi connectivity index (χ4n) is 2.33. The second kappa shape index (κ2) is 4.49. The largest absolute Gasteiger partial charge is 0.369 e. The zero-order valence-electron chi connectivity index (χ0n) is 11.1. The summed E-state index contributed by atoms with van der Waals surface area (Å²) in [5.74, 6) is -0.0934. The van der Waals surface area contributed by atoms with Crippen molar-refractivity contribution >= 4 is 28.7 Å². The molecule has 0 fully saturated rings. The third-order valence-electron chi connectivity index (χ3n) is 3.22. The molecule has 0 radical (unpaired) electrons. The molecule has 0 aliphatic carbocycles. The summed E-state index contributed by atoms with van der Waals surface area (Å²) in [4.78, 5) is 4.35. The van der Waals surface area contributed by atoms with Crippen LogP contribution in [0.4, 0.5) is 10.3 Å². The second-order valence-electron chi connectivity index (χ2n) is 4.50. The van der Waals surface area contributed by atoms with Crippen molar-refractivity contribution in [3.63, 3.8) is 0 Å². The molecule has 0 spiro atoms. The van der Waals surface area contributed by atoms with Crippen molar-refractivity contribution in [2.45, 2.75) is 13.3 Å². The number of benzene rings is 1. The molecular formula is C13H13ClFN5. The first-order valence-electron chi connectivity index (χ1n) is 6.18. The van der Waals surface area contributed by atoms with Gasteiger partial charge in [-0.2, -0.15) is 5.10 Å². The normalized spacial score (nSPS) is 11.4. The fraction of sp³-hybridized carbons (Fsp3) is 0.231. The van der Waals surface area contributed by atoms with Gasteiger partial charge in [-0.25, -0.2) is 14.1 Å². The van der Waals surface area contributed by atoms with Crippen molar-refractivity contribution in [2.75, 3.05) is 5.73 Å². The van der Waals surface area contributed by atoms with Gasteiger partial charge in [0, 0.05) is 7.05 Å². The molecular weight excluding hydrogens is 281 g/mol. The SMILES string of the molecule is CCc1nn(C)c2c1nc(N)n2-c1ccc(F)cc1Cl. The van der Waals surface area contributed by atoms with Crippen molar-refractivity contribution in [1.82, 2.24) is 19.3 Å². The molecule has 1 aromatic carbocycles. The Labute approximate surface area is 119 Å². The van der Waals surface area contributed by atoms with E-state index in [1.54, 1.807) is 15.3 Å². The first-order valence-corrected chi connectivity index (χ1v) is 6.56. The van der Waals surface area contributed by atoms with Crippen LogP contribution in [0.15, 0.2) is 18.2 Å². The zero-order valence-corrected chi connectivity index (χ0v) is 11.8. The zero-order chi connectivity index (χ0) is 14.4. The number of fused-ring (bicyclic) bond motifs is 1. The van der Waals surface area contributed by atoms with E-state index in [-0.39, 0.29) is 5.02 Å². The average Bonchev–Trinajstić information content (AvgIpc) is 2.87. The van der Waals surface area contributed by atoms with E-state index < -0.39 is 5.82 Å². The van der Waals surface area contributed by atoms with Crippen molar-refractivity contribution < 1.29 is 4.39 Å². The summed E-state index contributed by atoms with van der Waals surface area (Å²) in [6.45, 7) is 2.00. The minimum absolute atomic E-state index is 0.273. The van der Waals surface area contributed by atoms with Crippen LogP contribution in [0, 0.1) is 5.82 Å². The van der Waals surface area contributed by atoms with Gasteiger partial charge in [0.15, 0.2) is 5.65 Å². The van der Waals surface area contributed by atoms with Crippen LogP contribution >= 0.6 is 11.6 Å². The van der Waals surface area contributed by atoms with E-state index in [1.807, 2.05) is 14.0 Å². The van der Waals surface area contributed by atoms with Crippen molar-refractivity contribution in [1.29, 1.82) is 0 Å². The molecule has 0 amide bonds. The number of halogens is 2. The Bertz CT molecular complexity index is 805.